The first-order valence-electron chi connectivity index (χ1n) is 6.39. The number of aromatic hydroxyl groups is 2. The second-order valence-electron chi connectivity index (χ2n) is 3.80. The fourth-order valence-electron chi connectivity index (χ4n) is 1.53. The van der Waals surface area contributed by atoms with Gasteiger partial charge in [0.05, 0.1) is 5.56 Å². The molecule has 0 aliphatic heterocycles. The third-order valence-corrected chi connectivity index (χ3v) is 3.46. The molecule has 2 N–H and O–H groups in total. The van der Waals surface area contributed by atoms with E-state index in [0.29, 0.717) is 16.5 Å². The highest BCUT2D eigenvalue weighted by Crippen LogP contribution is 2.32. The largest absolute Gasteiger partial charge is 0.508 e. The van der Waals surface area contributed by atoms with Gasteiger partial charge in [-0.05, 0) is 12.1 Å². The van der Waals surface area contributed by atoms with E-state index >= 15 is 0 Å². The molecule has 0 saturated heterocycles. The summed E-state index contributed by atoms with van der Waals surface area (Å²) in [6, 6.07) is 4.06. The van der Waals surface area contributed by atoms with Crippen molar-refractivity contribution in [3.63, 3.8) is 0 Å². The van der Waals surface area contributed by atoms with E-state index < -0.39 is 5.97 Å². The van der Waals surface area contributed by atoms with Gasteiger partial charge >= 0.3 is 5.97 Å². The highest BCUT2D eigenvalue weighted by molar-refractivity contribution is 7.99. The molecule has 120 valence electrons. The number of hydrogen-bond acceptors (Lipinski definition) is 7. The second kappa shape index (κ2) is 8.23. The van der Waals surface area contributed by atoms with Gasteiger partial charge in [0, 0.05) is 17.6 Å². The minimum atomic E-state index is -1.02. The Bertz CT molecular complexity index is 648. The van der Waals surface area contributed by atoms with Gasteiger partial charge in [-0.2, -0.15) is 0 Å². The molecule has 0 saturated carbocycles. The van der Waals surface area contributed by atoms with Crippen LogP contribution < -0.4 is 0 Å². The quantitative estimate of drug-likeness (QED) is 0.831. The zero-order valence-electron chi connectivity index (χ0n) is 12.3. The Kier molecular flexibility index (Phi) is 6.64. The number of phenolic OH excluding ortho intramolecular Hbond substituents is 2. The average molecular weight is 329 g/mol. The number of thioether (sulfide) groups is 1. The zero-order chi connectivity index (χ0) is 16.7. The molecule has 1 aromatic heterocycles. The summed E-state index contributed by atoms with van der Waals surface area (Å²) in [7, 11) is 1.63. The highest BCUT2D eigenvalue weighted by Gasteiger charge is 2.16. The van der Waals surface area contributed by atoms with Crippen LogP contribution >= 0.6 is 11.8 Å². The Morgan fingerprint density at radius 2 is 2.05 bits per heavy atom. The van der Waals surface area contributed by atoms with Crippen LogP contribution in [-0.2, 0) is 16.8 Å². The Morgan fingerprint density at radius 1 is 1.36 bits per heavy atom. The van der Waals surface area contributed by atoms with Crippen LogP contribution in [-0.4, -0.2) is 36.7 Å². The molecule has 0 aliphatic rings. The molecule has 7 nitrogen and oxygen atoms in total. The van der Waals surface area contributed by atoms with Crippen molar-refractivity contribution in [3.8, 4) is 22.9 Å². The lowest BCUT2D eigenvalue weighted by molar-refractivity contribution is -0.179. The van der Waals surface area contributed by atoms with Gasteiger partial charge in [-0.25, -0.2) is 4.79 Å². The molecule has 9 heteroatoms. The number of phenols is 2. The van der Waals surface area contributed by atoms with E-state index in [2.05, 4.69) is 15.1 Å². The van der Waals surface area contributed by atoms with Crippen molar-refractivity contribution in [1.82, 2.24) is 14.8 Å². The minimum absolute atomic E-state index is 0.0753. The van der Waals surface area contributed by atoms with Crippen molar-refractivity contribution >= 4 is 17.7 Å². The summed E-state index contributed by atoms with van der Waals surface area (Å²) in [4.78, 5) is 13.8. The molecule has 0 bridgehead atoms. The van der Waals surface area contributed by atoms with Crippen LogP contribution in [0.5, 0.6) is 11.5 Å². The maximum atomic E-state index is 11.6. The lowest BCUT2D eigenvalue weighted by atomic mass is 10.2. The van der Waals surface area contributed by atoms with Crippen molar-refractivity contribution in [2.45, 2.75) is 19.0 Å². The van der Waals surface area contributed by atoms with Gasteiger partial charge in [-0.3, -0.25) is 4.94 Å². The number of aromatic nitrogens is 3. The lowest BCUT2D eigenvalue weighted by Gasteiger charge is -2.05. The van der Waals surface area contributed by atoms with Gasteiger partial charge in [-0.1, -0.05) is 25.6 Å². The van der Waals surface area contributed by atoms with Crippen LogP contribution in [0.3, 0.4) is 0 Å². The lowest BCUT2D eigenvalue weighted by Crippen LogP contribution is -2.02. The predicted molar refractivity (Wildman–Crippen MR) is 79.0 cm³/mol. The number of halogens is 1. The normalized spacial score (nSPS) is 9.82. The van der Waals surface area contributed by atoms with Gasteiger partial charge in [0.15, 0.2) is 11.0 Å². The van der Waals surface area contributed by atoms with Crippen LogP contribution in [0.4, 0.5) is 4.53 Å². The Labute approximate surface area is 130 Å². The molecule has 0 aliphatic carbocycles. The van der Waals surface area contributed by atoms with Crippen LogP contribution in [0, 0.1) is 0 Å². The number of carbonyl (C=O) groups is 1. The van der Waals surface area contributed by atoms with E-state index in [4.69, 9.17) is 0 Å². The van der Waals surface area contributed by atoms with E-state index in [1.54, 1.807) is 7.05 Å². The molecular weight excluding hydrogens is 313 g/mol. The van der Waals surface area contributed by atoms with E-state index in [1.807, 2.05) is 13.8 Å². The number of rotatable bonds is 4. The summed E-state index contributed by atoms with van der Waals surface area (Å²) in [6.45, 7) is 4.00. The van der Waals surface area contributed by atoms with Crippen LogP contribution in [0.15, 0.2) is 23.4 Å². The third kappa shape index (κ3) is 4.10. The van der Waals surface area contributed by atoms with E-state index in [1.165, 1.54) is 22.8 Å². The highest BCUT2D eigenvalue weighted by atomic mass is 32.2. The Hall–Kier alpha value is -2.29. The van der Waals surface area contributed by atoms with Gasteiger partial charge in [-0.15, -0.1) is 10.2 Å². The van der Waals surface area contributed by atoms with Crippen molar-refractivity contribution in [3.05, 3.63) is 18.2 Å². The van der Waals surface area contributed by atoms with Crippen LogP contribution in [0.2, 0.25) is 0 Å². The molecule has 2 aromatic rings. The Balaban J connectivity index is 0.00000116. The van der Waals surface area contributed by atoms with Crippen LogP contribution in [0.25, 0.3) is 11.4 Å². The zero-order valence-corrected chi connectivity index (χ0v) is 13.1. The molecule has 1 heterocycles. The first kappa shape index (κ1) is 17.8. The molecule has 1 aromatic carbocycles. The monoisotopic (exact) mass is 329 g/mol. The maximum Gasteiger partial charge on any atom is 0.359 e. The molecule has 0 radical (unpaired) electrons. The summed E-state index contributed by atoms with van der Waals surface area (Å²) in [6.07, 6.45) is 0. The topological polar surface area (TPSA) is 97.5 Å². The van der Waals surface area contributed by atoms with Crippen molar-refractivity contribution in [2.75, 3.05) is 5.75 Å². The number of nitrogens with zero attached hydrogens (tertiary/aromatic N) is 3. The van der Waals surface area contributed by atoms with Crippen molar-refractivity contribution < 1.29 is 24.5 Å². The SMILES string of the molecule is CC.Cn1c(SCC(=O)OF)nnc1-c1ccc(O)cc1O. The molecule has 0 spiro atoms. The summed E-state index contributed by atoms with van der Waals surface area (Å²) in [5, 5.41) is 27.1. The Morgan fingerprint density at radius 3 is 2.64 bits per heavy atom. The number of hydrogen-bond donors (Lipinski definition) is 2. The summed E-state index contributed by atoms with van der Waals surface area (Å²) >= 11 is 0.948. The summed E-state index contributed by atoms with van der Waals surface area (Å²) < 4.78 is 13.1. The molecule has 2 rings (SSSR count). The molecule has 0 unspecified atom stereocenters. The van der Waals surface area contributed by atoms with Gasteiger partial charge in [0.1, 0.15) is 17.3 Å². The van der Waals surface area contributed by atoms with Gasteiger partial charge in [0.2, 0.25) is 0 Å². The summed E-state index contributed by atoms with van der Waals surface area (Å²) in [5.41, 5.74) is 0.373. The van der Waals surface area contributed by atoms with Crippen molar-refractivity contribution in [2.24, 2.45) is 7.05 Å². The van der Waals surface area contributed by atoms with E-state index in [0.717, 1.165) is 11.8 Å². The molecule has 0 fully saturated rings. The van der Waals surface area contributed by atoms with E-state index in [9.17, 15) is 19.5 Å². The fraction of sp³-hybridized carbons (Fsp3) is 0.308. The van der Waals surface area contributed by atoms with Gasteiger partial charge in [0.25, 0.3) is 0 Å². The first-order valence-corrected chi connectivity index (χ1v) is 7.37. The number of benzene rings is 1. The molecule has 0 atom stereocenters. The van der Waals surface area contributed by atoms with E-state index in [-0.39, 0.29) is 17.3 Å². The minimum Gasteiger partial charge on any atom is -0.508 e. The van der Waals surface area contributed by atoms with Crippen molar-refractivity contribution in [1.29, 1.82) is 0 Å². The maximum absolute atomic E-state index is 11.6. The smallest absolute Gasteiger partial charge is 0.359 e. The van der Waals surface area contributed by atoms with Gasteiger partial charge < -0.3 is 14.8 Å². The third-order valence-electron chi connectivity index (χ3n) is 2.46. The molecular formula is C13H16FN3O4S. The predicted octanol–water partition coefficient (Wildman–Crippen LogP) is 2.44. The standard InChI is InChI=1S/C11H10FN3O4S.C2H6/c1-15-10(7-3-2-6(16)4-8(7)17)13-14-11(15)20-5-9(18)19-12;1-2/h2-4,16-17H,5H2,1H3;1-2H3. The first-order chi connectivity index (χ1) is 10.5. The summed E-state index contributed by atoms with van der Waals surface area (Å²) in [5.74, 6) is -1.15. The average Bonchev–Trinajstić information content (AvgIpc) is 2.88. The fourth-order valence-corrected chi connectivity index (χ4v) is 2.20. The molecule has 0 amide bonds. The number of carbonyl (C=O) groups excluding carboxylic acids is 1. The molecule has 22 heavy (non-hydrogen) atoms. The van der Waals surface area contributed by atoms with Crippen LogP contribution in [0.1, 0.15) is 13.8 Å². The second-order valence-corrected chi connectivity index (χ2v) is 4.75.